The molecular formula is C24H30N4O3. The molecule has 0 unspecified atom stereocenters. The molecule has 0 spiro atoms. The number of hydrogen-bond acceptors (Lipinski definition) is 5. The minimum atomic E-state index is 0.120. The molecule has 31 heavy (non-hydrogen) atoms. The second kappa shape index (κ2) is 8.96. The van der Waals surface area contributed by atoms with E-state index in [4.69, 9.17) is 19.6 Å². The van der Waals surface area contributed by atoms with E-state index in [0.717, 1.165) is 52.4 Å². The van der Waals surface area contributed by atoms with Crippen molar-refractivity contribution >= 4 is 11.6 Å². The van der Waals surface area contributed by atoms with Crippen molar-refractivity contribution in [3.05, 3.63) is 41.2 Å². The van der Waals surface area contributed by atoms with Crippen LogP contribution in [0.1, 0.15) is 49.1 Å². The maximum Gasteiger partial charge on any atom is 0.220 e. The molecule has 1 N–H and O–H groups in total. The molecule has 7 heteroatoms. The number of fused-ring (bicyclic) bond motifs is 1. The first-order chi connectivity index (χ1) is 15.0. The maximum absolute atomic E-state index is 12.4. The number of carbonyl (C=O) groups excluding carboxylic acids is 1. The van der Waals surface area contributed by atoms with E-state index in [1.807, 2.05) is 42.6 Å². The molecular weight excluding hydrogens is 392 g/mol. The number of carbonyl (C=O) groups is 1. The van der Waals surface area contributed by atoms with Crippen molar-refractivity contribution < 1.29 is 14.3 Å². The summed E-state index contributed by atoms with van der Waals surface area (Å²) in [6.45, 7) is 4.03. The van der Waals surface area contributed by atoms with Gasteiger partial charge in [-0.05, 0) is 50.8 Å². The van der Waals surface area contributed by atoms with Crippen molar-refractivity contribution in [3.63, 3.8) is 0 Å². The highest BCUT2D eigenvalue weighted by molar-refractivity contribution is 5.76. The third-order valence-corrected chi connectivity index (χ3v) is 6.17. The molecule has 0 aliphatic heterocycles. The number of hydrogen-bond donors (Lipinski definition) is 1. The molecule has 2 heterocycles. The first kappa shape index (κ1) is 21.2. The fraction of sp³-hybridized carbons (Fsp3) is 0.458. The van der Waals surface area contributed by atoms with Crippen molar-refractivity contribution in [2.45, 2.75) is 58.4 Å². The van der Waals surface area contributed by atoms with E-state index >= 15 is 0 Å². The molecule has 4 rings (SSSR count). The van der Waals surface area contributed by atoms with Crippen LogP contribution in [0.5, 0.6) is 11.5 Å². The number of aryl methyl sites for hydroxylation is 2. The summed E-state index contributed by atoms with van der Waals surface area (Å²) in [7, 11) is 3.27. The Balaban J connectivity index is 1.59. The predicted molar refractivity (Wildman–Crippen MR) is 120 cm³/mol. The van der Waals surface area contributed by atoms with Gasteiger partial charge in [0.05, 0.1) is 19.9 Å². The van der Waals surface area contributed by atoms with Gasteiger partial charge in [0.15, 0.2) is 5.65 Å². The van der Waals surface area contributed by atoms with Crippen molar-refractivity contribution in [2.75, 3.05) is 14.2 Å². The molecule has 0 saturated heterocycles. The monoisotopic (exact) mass is 422 g/mol. The molecule has 7 nitrogen and oxygen atoms in total. The van der Waals surface area contributed by atoms with Crippen LogP contribution in [-0.2, 0) is 11.2 Å². The Labute approximate surface area is 182 Å². The summed E-state index contributed by atoms with van der Waals surface area (Å²) in [6, 6.07) is 7.99. The van der Waals surface area contributed by atoms with E-state index in [0.29, 0.717) is 24.6 Å². The van der Waals surface area contributed by atoms with Crippen LogP contribution in [0.3, 0.4) is 0 Å². The summed E-state index contributed by atoms with van der Waals surface area (Å²) in [6.07, 6.45) is 5.74. The zero-order valence-corrected chi connectivity index (χ0v) is 18.7. The molecule has 164 valence electrons. The van der Waals surface area contributed by atoms with E-state index in [1.54, 1.807) is 14.2 Å². The highest BCUT2D eigenvalue weighted by atomic mass is 16.5. The van der Waals surface area contributed by atoms with Crippen molar-refractivity contribution in [1.82, 2.24) is 19.9 Å². The Bertz CT molecular complexity index is 1100. The zero-order chi connectivity index (χ0) is 22.0. The molecule has 1 amide bonds. The number of amides is 1. The molecule has 0 radical (unpaired) electrons. The lowest BCUT2D eigenvalue weighted by atomic mass is 10.1. The van der Waals surface area contributed by atoms with E-state index < -0.39 is 0 Å². The number of benzene rings is 1. The first-order valence-corrected chi connectivity index (χ1v) is 10.9. The van der Waals surface area contributed by atoms with E-state index in [2.05, 4.69) is 5.32 Å². The van der Waals surface area contributed by atoms with Gasteiger partial charge >= 0.3 is 0 Å². The minimum absolute atomic E-state index is 0.120. The smallest absolute Gasteiger partial charge is 0.220 e. The molecule has 2 aromatic heterocycles. The normalized spacial score (nSPS) is 14.2. The number of methoxy groups -OCH3 is 2. The fourth-order valence-electron chi connectivity index (χ4n) is 4.44. The van der Waals surface area contributed by atoms with Crippen LogP contribution in [0, 0.1) is 13.8 Å². The number of nitrogens with one attached hydrogen (secondary N) is 1. The van der Waals surface area contributed by atoms with E-state index in [1.165, 1.54) is 12.8 Å². The average Bonchev–Trinajstić information content (AvgIpc) is 3.43. The molecule has 0 bridgehead atoms. The second-order valence-corrected chi connectivity index (χ2v) is 8.18. The standard InChI is InChI=1S/C24H30N4O3/c1-15-19(11-12-24(29)26-17-7-5-6-8-17)16(2)28-23(25-15)14-21(27-28)20-10-9-18(30-3)13-22(20)31-4/h9-10,13-14,17H,5-8,11-12H2,1-4H3,(H,26,29). The highest BCUT2D eigenvalue weighted by Gasteiger charge is 2.19. The van der Waals surface area contributed by atoms with E-state index in [-0.39, 0.29) is 5.91 Å². The lowest BCUT2D eigenvalue weighted by Crippen LogP contribution is -2.32. The maximum atomic E-state index is 12.4. The van der Waals surface area contributed by atoms with Gasteiger partial charge in [-0.3, -0.25) is 4.79 Å². The molecule has 1 aliphatic carbocycles. The van der Waals surface area contributed by atoms with Crippen molar-refractivity contribution in [2.24, 2.45) is 0 Å². The van der Waals surface area contributed by atoms with E-state index in [9.17, 15) is 4.79 Å². The summed E-state index contributed by atoms with van der Waals surface area (Å²) in [5.74, 6) is 1.54. The largest absolute Gasteiger partial charge is 0.497 e. The second-order valence-electron chi connectivity index (χ2n) is 8.18. The Morgan fingerprint density at radius 2 is 1.94 bits per heavy atom. The Kier molecular flexibility index (Phi) is 6.11. The molecule has 1 fully saturated rings. The first-order valence-electron chi connectivity index (χ1n) is 10.9. The van der Waals surface area contributed by atoms with Crippen LogP contribution in [0.4, 0.5) is 0 Å². The molecule has 0 atom stereocenters. The SMILES string of the molecule is COc1ccc(-c2cc3nc(C)c(CCC(=O)NC4CCCC4)c(C)n3n2)c(OC)c1. The quantitative estimate of drug-likeness (QED) is 0.622. The van der Waals surface area contributed by atoms with Gasteiger partial charge in [-0.2, -0.15) is 5.10 Å². The summed E-state index contributed by atoms with van der Waals surface area (Å²) >= 11 is 0. The summed E-state index contributed by atoms with van der Waals surface area (Å²) in [4.78, 5) is 17.1. The van der Waals surface area contributed by atoms with Gasteiger partial charge in [0.2, 0.25) is 5.91 Å². The molecule has 3 aromatic rings. The molecule has 1 aromatic carbocycles. The van der Waals surface area contributed by atoms with Gasteiger partial charge in [0, 0.05) is 41.5 Å². The topological polar surface area (TPSA) is 77.8 Å². The summed E-state index contributed by atoms with van der Waals surface area (Å²) in [5.41, 5.74) is 5.46. The van der Waals surface area contributed by atoms with Crippen LogP contribution in [0.15, 0.2) is 24.3 Å². The average molecular weight is 423 g/mol. The van der Waals surface area contributed by atoms with Gasteiger partial charge < -0.3 is 14.8 Å². The van der Waals surface area contributed by atoms with Crippen LogP contribution in [0.2, 0.25) is 0 Å². The lowest BCUT2D eigenvalue weighted by Gasteiger charge is -2.13. The predicted octanol–water partition coefficient (Wildman–Crippen LogP) is 4.02. The molecule has 1 aliphatic rings. The summed E-state index contributed by atoms with van der Waals surface area (Å²) in [5, 5.41) is 7.96. The molecule has 1 saturated carbocycles. The Morgan fingerprint density at radius 3 is 2.65 bits per heavy atom. The number of ether oxygens (including phenoxy) is 2. The number of nitrogens with zero attached hydrogens (tertiary/aromatic N) is 3. The lowest BCUT2D eigenvalue weighted by molar-refractivity contribution is -0.121. The van der Waals surface area contributed by atoms with Crippen LogP contribution in [-0.4, -0.2) is 40.8 Å². The minimum Gasteiger partial charge on any atom is -0.497 e. The summed E-state index contributed by atoms with van der Waals surface area (Å²) < 4.78 is 12.7. The number of aromatic nitrogens is 3. The van der Waals surface area contributed by atoms with Gasteiger partial charge in [0.1, 0.15) is 11.5 Å². The highest BCUT2D eigenvalue weighted by Crippen LogP contribution is 2.33. The van der Waals surface area contributed by atoms with Crippen LogP contribution in [0.25, 0.3) is 16.9 Å². The van der Waals surface area contributed by atoms with Gasteiger partial charge in [-0.15, -0.1) is 0 Å². The third kappa shape index (κ3) is 4.36. The Morgan fingerprint density at radius 1 is 1.16 bits per heavy atom. The van der Waals surface area contributed by atoms with Crippen LogP contribution >= 0.6 is 0 Å². The van der Waals surface area contributed by atoms with Gasteiger partial charge in [-0.25, -0.2) is 9.50 Å². The van der Waals surface area contributed by atoms with Gasteiger partial charge in [-0.1, -0.05) is 12.8 Å². The van der Waals surface area contributed by atoms with Gasteiger partial charge in [0.25, 0.3) is 0 Å². The van der Waals surface area contributed by atoms with Crippen molar-refractivity contribution in [1.29, 1.82) is 0 Å². The third-order valence-electron chi connectivity index (χ3n) is 6.17. The number of rotatable bonds is 7. The Hall–Kier alpha value is -3.09. The van der Waals surface area contributed by atoms with Crippen LogP contribution < -0.4 is 14.8 Å². The van der Waals surface area contributed by atoms with Crippen molar-refractivity contribution in [3.8, 4) is 22.8 Å². The fourth-order valence-corrected chi connectivity index (χ4v) is 4.44. The zero-order valence-electron chi connectivity index (χ0n) is 18.7.